The topological polar surface area (TPSA) is 95.3 Å². The van der Waals surface area contributed by atoms with Gasteiger partial charge < -0.3 is 10.7 Å². The zero-order valence-corrected chi connectivity index (χ0v) is 12.2. The van der Waals surface area contributed by atoms with Gasteiger partial charge in [-0.25, -0.2) is 13.4 Å². The van der Waals surface area contributed by atoms with Gasteiger partial charge >= 0.3 is 0 Å². The van der Waals surface area contributed by atoms with Crippen LogP contribution in [-0.4, -0.2) is 65.9 Å². The molecule has 0 saturated carbocycles. The van der Waals surface area contributed by atoms with Crippen LogP contribution in [0.4, 0.5) is 0 Å². The fraction of sp³-hybridized carbons (Fsp3) is 0.750. The van der Waals surface area contributed by atoms with E-state index in [4.69, 9.17) is 5.73 Å². The summed E-state index contributed by atoms with van der Waals surface area (Å²) in [4.78, 5) is 8.86. The van der Waals surface area contributed by atoms with Gasteiger partial charge in [0.15, 0.2) is 5.03 Å². The first-order valence-corrected chi connectivity index (χ1v) is 8.49. The van der Waals surface area contributed by atoms with E-state index in [1.165, 1.54) is 12.5 Å². The van der Waals surface area contributed by atoms with Crippen LogP contribution >= 0.6 is 0 Å². The van der Waals surface area contributed by atoms with Gasteiger partial charge in [0.2, 0.25) is 0 Å². The van der Waals surface area contributed by atoms with Crippen molar-refractivity contribution in [2.24, 2.45) is 5.73 Å². The van der Waals surface area contributed by atoms with Gasteiger partial charge in [0, 0.05) is 25.2 Å². The number of hydrogen-bond donors (Lipinski definition) is 2. The van der Waals surface area contributed by atoms with Gasteiger partial charge in [-0.1, -0.05) is 0 Å². The second-order valence-corrected chi connectivity index (χ2v) is 7.50. The highest BCUT2D eigenvalue weighted by atomic mass is 32.2. The minimum atomic E-state index is -3.41. The van der Waals surface area contributed by atoms with E-state index in [1.54, 1.807) is 4.31 Å². The summed E-state index contributed by atoms with van der Waals surface area (Å²) in [5.74, 6) is 0. The molecule has 20 heavy (non-hydrogen) atoms. The van der Waals surface area contributed by atoms with E-state index in [0.717, 1.165) is 32.4 Å². The molecule has 0 aromatic carbocycles. The van der Waals surface area contributed by atoms with E-state index in [1.807, 2.05) is 0 Å². The number of sulfonamides is 1. The van der Waals surface area contributed by atoms with Crippen molar-refractivity contribution in [1.29, 1.82) is 0 Å². The molecule has 3 N–H and O–H groups in total. The Morgan fingerprint density at radius 3 is 2.65 bits per heavy atom. The lowest BCUT2D eigenvalue weighted by Crippen LogP contribution is -2.46. The van der Waals surface area contributed by atoms with Gasteiger partial charge in [-0.05, 0) is 32.4 Å². The van der Waals surface area contributed by atoms with E-state index in [-0.39, 0.29) is 5.03 Å². The lowest BCUT2D eigenvalue weighted by Gasteiger charge is -2.34. The number of nitrogens with zero attached hydrogens (tertiary/aromatic N) is 3. The van der Waals surface area contributed by atoms with Crippen molar-refractivity contribution < 1.29 is 8.42 Å². The average molecular weight is 299 g/mol. The highest BCUT2D eigenvalue weighted by Gasteiger charge is 2.36. The molecule has 3 rings (SSSR count). The fourth-order valence-electron chi connectivity index (χ4n) is 3.03. The Morgan fingerprint density at radius 2 is 2.00 bits per heavy atom. The molecule has 2 fully saturated rings. The monoisotopic (exact) mass is 299 g/mol. The molecule has 1 aromatic heterocycles. The van der Waals surface area contributed by atoms with Crippen molar-refractivity contribution in [3.8, 4) is 0 Å². The van der Waals surface area contributed by atoms with Gasteiger partial charge in [-0.2, -0.15) is 4.31 Å². The van der Waals surface area contributed by atoms with Gasteiger partial charge in [0.05, 0.1) is 12.5 Å². The average Bonchev–Trinajstić information content (AvgIpc) is 3.12. The van der Waals surface area contributed by atoms with Crippen LogP contribution in [-0.2, 0) is 10.0 Å². The third kappa shape index (κ3) is 2.60. The Morgan fingerprint density at radius 1 is 1.25 bits per heavy atom. The van der Waals surface area contributed by atoms with Crippen molar-refractivity contribution in [3.63, 3.8) is 0 Å². The number of imidazole rings is 1. The van der Waals surface area contributed by atoms with Crippen LogP contribution < -0.4 is 5.73 Å². The zero-order chi connectivity index (χ0) is 14.2. The molecule has 112 valence electrons. The predicted molar refractivity (Wildman–Crippen MR) is 74.5 cm³/mol. The molecule has 8 heteroatoms. The molecule has 2 saturated heterocycles. The van der Waals surface area contributed by atoms with Crippen LogP contribution in [0.3, 0.4) is 0 Å². The maximum Gasteiger partial charge on any atom is 0.260 e. The summed E-state index contributed by atoms with van der Waals surface area (Å²) >= 11 is 0. The molecule has 1 aromatic rings. The fourth-order valence-corrected chi connectivity index (χ4v) is 4.42. The Balaban J connectivity index is 1.65. The number of rotatable bonds is 3. The molecular weight excluding hydrogens is 278 g/mol. The summed E-state index contributed by atoms with van der Waals surface area (Å²) in [6.07, 6.45) is 5.66. The molecule has 0 radical (unpaired) electrons. The second-order valence-electron chi connectivity index (χ2n) is 5.59. The highest BCUT2D eigenvalue weighted by molar-refractivity contribution is 7.89. The first-order chi connectivity index (χ1) is 9.57. The summed E-state index contributed by atoms with van der Waals surface area (Å²) in [6, 6.07) is 0.623. The number of nitrogens with one attached hydrogen (secondary N) is 1. The number of likely N-dealkylation sites (tertiary alicyclic amines) is 1. The molecule has 2 aliphatic heterocycles. The van der Waals surface area contributed by atoms with E-state index >= 15 is 0 Å². The summed E-state index contributed by atoms with van der Waals surface area (Å²) < 4.78 is 26.3. The van der Waals surface area contributed by atoms with Crippen molar-refractivity contribution in [2.75, 3.05) is 26.2 Å². The normalized spacial score (nSPS) is 27.1. The third-order valence-electron chi connectivity index (χ3n) is 4.31. The number of H-pyrrole nitrogens is 1. The van der Waals surface area contributed by atoms with Crippen LogP contribution in [0, 0.1) is 0 Å². The molecular formula is C12H21N5O2S. The zero-order valence-electron chi connectivity index (χ0n) is 11.4. The van der Waals surface area contributed by atoms with Crippen molar-refractivity contribution in [2.45, 2.75) is 36.4 Å². The van der Waals surface area contributed by atoms with Gasteiger partial charge in [0.25, 0.3) is 10.0 Å². The molecule has 0 amide bonds. The lowest BCUT2D eigenvalue weighted by molar-refractivity contribution is 0.159. The Bertz CT molecular complexity index is 536. The van der Waals surface area contributed by atoms with Crippen LogP contribution in [0.15, 0.2) is 17.6 Å². The molecule has 3 heterocycles. The predicted octanol–water partition coefficient (Wildman–Crippen LogP) is -0.404. The molecule has 0 spiro atoms. The quantitative estimate of drug-likeness (QED) is 0.791. The first kappa shape index (κ1) is 14.0. The van der Waals surface area contributed by atoms with E-state index in [2.05, 4.69) is 14.9 Å². The van der Waals surface area contributed by atoms with Crippen molar-refractivity contribution >= 4 is 10.0 Å². The highest BCUT2D eigenvalue weighted by Crippen LogP contribution is 2.24. The lowest BCUT2D eigenvalue weighted by atomic mass is 10.0. The van der Waals surface area contributed by atoms with E-state index in [9.17, 15) is 8.42 Å². The summed E-state index contributed by atoms with van der Waals surface area (Å²) in [5, 5.41) is 0.179. The van der Waals surface area contributed by atoms with Crippen LogP contribution in [0.1, 0.15) is 19.3 Å². The number of nitrogens with two attached hydrogens (primary N) is 1. The summed E-state index contributed by atoms with van der Waals surface area (Å²) in [5.41, 5.74) is 5.91. The van der Waals surface area contributed by atoms with Crippen LogP contribution in [0.2, 0.25) is 0 Å². The number of hydrogen-bond acceptors (Lipinski definition) is 5. The first-order valence-electron chi connectivity index (χ1n) is 7.05. The molecule has 0 aliphatic carbocycles. The Labute approximate surface area is 119 Å². The van der Waals surface area contributed by atoms with Crippen molar-refractivity contribution in [1.82, 2.24) is 19.2 Å². The number of piperidine rings is 1. The SMILES string of the molecule is NC1CCN(C2CCN(S(=O)(=O)c3cnc[nH]3)C2)CC1. The molecule has 7 nitrogen and oxygen atoms in total. The third-order valence-corrected chi connectivity index (χ3v) is 6.10. The summed E-state index contributed by atoms with van der Waals surface area (Å²) in [7, 11) is -3.41. The summed E-state index contributed by atoms with van der Waals surface area (Å²) in [6.45, 7) is 3.10. The standard InChI is InChI=1S/C12H21N5O2S/c13-10-1-4-16(5-2-10)11-3-6-17(8-11)20(18,19)12-7-14-9-15-12/h7,9-11H,1-6,8,13H2,(H,14,15). The largest absolute Gasteiger partial charge is 0.335 e. The van der Waals surface area contributed by atoms with Crippen LogP contribution in [0.25, 0.3) is 0 Å². The smallest absolute Gasteiger partial charge is 0.260 e. The second kappa shape index (κ2) is 5.44. The van der Waals surface area contributed by atoms with Gasteiger partial charge in [-0.15, -0.1) is 0 Å². The van der Waals surface area contributed by atoms with E-state index in [0.29, 0.717) is 25.2 Å². The Hall–Kier alpha value is -0.960. The van der Waals surface area contributed by atoms with Gasteiger partial charge in [0.1, 0.15) is 0 Å². The minimum Gasteiger partial charge on any atom is -0.335 e. The molecule has 0 bridgehead atoms. The molecule has 2 aliphatic rings. The van der Waals surface area contributed by atoms with E-state index < -0.39 is 10.0 Å². The maximum atomic E-state index is 12.4. The number of aromatic amines is 1. The molecule has 1 unspecified atom stereocenters. The van der Waals surface area contributed by atoms with Crippen LogP contribution in [0.5, 0.6) is 0 Å². The number of aromatic nitrogens is 2. The van der Waals surface area contributed by atoms with Gasteiger partial charge in [-0.3, -0.25) is 4.90 Å². The van der Waals surface area contributed by atoms with Crippen molar-refractivity contribution in [3.05, 3.63) is 12.5 Å². The Kier molecular flexibility index (Phi) is 3.80. The maximum absolute atomic E-state index is 12.4. The minimum absolute atomic E-state index is 0.179. The molecule has 1 atom stereocenters.